The van der Waals surface area contributed by atoms with E-state index in [0.717, 1.165) is 44.2 Å². The SMILES string of the molecule is COc1c(OCCCOc2cn3c(c2OC)C=[N+](O)C2=CC=C(c4ccc5c(c4)OCO5)CC2C3)cn2c1C=[N+]([O-])C1=CC=C(c3ccc(NC(=O)C(C)NC(=O)C(NC(=O)[O-])C(C)C)cc3)CC1C2. The van der Waals surface area contributed by atoms with Gasteiger partial charge < -0.3 is 68.6 Å². The summed E-state index contributed by atoms with van der Waals surface area (Å²) in [5.41, 5.74) is 7.25. The minimum absolute atomic E-state index is 0.0275. The first-order valence-electron chi connectivity index (χ1n) is 23.1. The number of aromatic nitrogens is 2. The molecule has 0 saturated carbocycles. The maximum atomic E-state index is 13.6. The molecule has 4 unspecified atom stereocenters. The van der Waals surface area contributed by atoms with Crippen molar-refractivity contribution < 1.29 is 62.6 Å². The molecular formula is C51H55N7O12. The lowest BCUT2D eigenvalue weighted by Gasteiger charge is -2.24. The fraction of sp³-hybridized carbons (Fsp3) is 0.353. The molecule has 9 rings (SSSR count). The van der Waals surface area contributed by atoms with Crippen molar-refractivity contribution in [2.75, 3.05) is 39.5 Å². The van der Waals surface area contributed by atoms with Crippen LogP contribution in [0, 0.1) is 23.0 Å². The number of carboxylic acid groups (broad SMARTS) is 1. The lowest BCUT2D eigenvalue weighted by atomic mass is 9.87. The summed E-state index contributed by atoms with van der Waals surface area (Å²) < 4.78 is 41.3. The van der Waals surface area contributed by atoms with Gasteiger partial charge in [0.2, 0.25) is 36.7 Å². The Morgan fingerprint density at radius 1 is 0.771 bits per heavy atom. The maximum Gasteiger partial charge on any atom is 0.250 e. The summed E-state index contributed by atoms with van der Waals surface area (Å²) in [7, 11) is 3.12. The molecule has 2 aromatic carbocycles. The molecule has 0 radical (unpaired) electrons. The zero-order valence-corrected chi connectivity index (χ0v) is 39.4. The van der Waals surface area contributed by atoms with Crippen LogP contribution in [0.2, 0.25) is 0 Å². The molecule has 4 N–H and O–H groups in total. The quantitative estimate of drug-likeness (QED) is 0.0502. The standard InChI is InChI=1S/C51H55N7O12/c1-29(2)46(54-51(61)62)50(60)52-30(3)49(59)53-37-12-7-31(8-13-37)32-9-14-38-35(19-32)22-55-26-44(47(65-4)40(55)24-57(38)63)67-17-6-18-68-45-27-56-23-36-20-33(34-11-16-42-43(21-34)70-28-69-42)10-15-39(36)58(64)25-41(56)48(45)66-5/h7-16,21,24-27,29-30,35-36,46,54H,6,17-20,22-23,28H2,1-5H3,(H3-,52,53,59,60,61,62,64). The number of amides is 3. The average molecular weight is 958 g/mol. The van der Waals surface area contributed by atoms with Crippen molar-refractivity contribution >= 4 is 47.2 Å². The summed E-state index contributed by atoms with van der Waals surface area (Å²) in [5, 5.41) is 43.2. The molecule has 2 aromatic heterocycles. The maximum absolute atomic E-state index is 13.6. The van der Waals surface area contributed by atoms with E-state index >= 15 is 0 Å². The molecule has 0 saturated heterocycles. The predicted molar refractivity (Wildman–Crippen MR) is 254 cm³/mol. The highest BCUT2D eigenvalue weighted by molar-refractivity contribution is 5.98. The second kappa shape index (κ2) is 19.9. The number of allylic oxidation sites excluding steroid dienone is 8. The summed E-state index contributed by atoms with van der Waals surface area (Å²) in [6, 6.07) is 11.2. The summed E-state index contributed by atoms with van der Waals surface area (Å²) in [5.74, 6) is 1.78. The number of benzene rings is 2. The van der Waals surface area contributed by atoms with Crippen LogP contribution in [0.1, 0.15) is 62.5 Å². The fourth-order valence-corrected chi connectivity index (χ4v) is 9.44. The van der Waals surface area contributed by atoms with Gasteiger partial charge in [-0.3, -0.25) is 14.8 Å². The Kier molecular flexibility index (Phi) is 13.3. The van der Waals surface area contributed by atoms with Gasteiger partial charge in [0.15, 0.2) is 51.6 Å². The number of rotatable bonds is 16. The monoisotopic (exact) mass is 957 g/mol. The lowest BCUT2D eigenvalue weighted by Crippen LogP contribution is -2.56. The minimum atomic E-state index is -1.58. The van der Waals surface area contributed by atoms with Crippen LogP contribution in [-0.2, 0) is 22.7 Å². The number of hydroxylamine groups is 2. The van der Waals surface area contributed by atoms with Gasteiger partial charge in [0.25, 0.3) is 0 Å². The van der Waals surface area contributed by atoms with Gasteiger partial charge in [-0.1, -0.05) is 44.2 Å². The third kappa shape index (κ3) is 9.63. The number of fused-ring (bicyclic) bond motifs is 5. The largest absolute Gasteiger partial charge is 0.618 e. The number of hydrogen-bond acceptors (Lipinski definition) is 12. The number of carbonyl (C=O) groups is 3. The van der Waals surface area contributed by atoms with Crippen LogP contribution in [0.25, 0.3) is 11.1 Å². The van der Waals surface area contributed by atoms with Gasteiger partial charge in [0, 0.05) is 42.1 Å². The number of hydrogen-bond donors (Lipinski definition) is 4. The second-order valence-corrected chi connectivity index (χ2v) is 18.0. The third-order valence-corrected chi connectivity index (χ3v) is 13.0. The zero-order chi connectivity index (χ0) is 49.2. The molecule has 0 spiro atoms. The van der Waals surface area contributed by atoms with Crippen molar-refractivity contribution in [3.05, 3.63) is 118 Å². The van der Waals surface area contributed by atoms with Gasteiger partial charge in [-0.2, -0.15) is 4.74 Å². The van der Waals surface area contributed by atoms with Crippen molar-refractivity contribution in [2.45, 2.75) is 65.2 Å². The molecule has 19 heteroatoms. The highest BCUT2D eigenvalue weighted by Crippen LogP contribution is 2.42. The van der Waals surface area contributed by atoms with E-state index in [9.17, 15) is 29.9 Å². The van der Waals surface area contributed by atoms with E-state index in [2.05, 4.69) is 16.0 Å². The van der Waals surface area contributed by atoms with Crippen molar-refractivity contribution in [3.8, 4) is 34.5 Å². The van der Waals surface area contributed by atoms with Gasteiger partial charge >= 0.3 is 0 Å². The van der Waals surface area contributed by atoms with Crippen LogP contribution in [0.15, 0.2) is 90.6 Å². The molecule has 5 heterocycles. The fourth-order valence-electron chi connectivity index (χ4n) is 9.44. The van der Waals surface area contributed by atoms with E-state index in [1.54, 1.807) is 46.4 Å². The summed E-state index contributed by atoms with van der Waals surface area (Å²) >= 11 is 0. The highest BCUT2D eigenvalue weighted by atomic mass is 16.7. The third-order valence-electron chi connectivity index (χ3n) is 13.0. The molecule has 366 valence electrons. The smallest absolute Gasteiger partial charge is 0.250 e. The average Bonchev–Trinajstić information content (AvgIpc) is 3.99. The van der Waals surface area contributed by atoms with Crippen molar-refractivity contribution in [1.82, 2.24) is 19.8 Å². The normalized spacial score (nSPS) is 18.5. The molecule has 4 atom stereocenters. The van der Waals surface area contributed by atoms with Crippen molar-refractivity contribution in [1.29, 1.82) is 0 Å². The second-order valence-electron chi connectivity index (χ2n) is 18.0. The van der Waals surface area contributed by atoms with E-state index in [4.69, 9.17) is 28.4 Å². The first-order valence-corrected chi connectivity index (χ1v) is 23.1. The summed E-state index contributed by atoms with van der Waals surface area (Å²) in [4.78, 5) is 36.7. The zero-order valence-electron chi connectivity index (χ0n) is 39.4. The molecule has 3 amide bonds. The molecule has 0 fully saturated rings. The van der Waals surface area contributed by atoms with Crippen molar-refractivity contribution in [3.63, 3.8) is 0 Å². The predicted octanol–water partition coefficient (Wildman–Crippen LogP) is 5.04. The number of nitrogens with one attached hydrogen (secondary N) is 3. The van der Waals surface area contributed by atoms with Gasteiger partial charge in [0.05, 0.1) is 51.7 Å². The first kappa shape index (κ1) is 47.0. The van der Waals surface area contributed by atoms with E-state index in [-0.39, 0.29) is 24.5 Å². The Balaban J connectivity index is 0.791. The number of ether oxygens (including phenoxy) is 6. The lowest BCUT2D eigenvalue weighted by molar-refractivity contribution is -0.738. The van der Waals surface area contributed by atoms with Crippen LogP contribution in [0.5, 0.6) is 34.5 Å². The Morgan fingerprint density at radius 2 is 1.36 bits per heavy atom. The van der Waals surface area contributed by atoms with E-state index < -0.39 is 30.0 Å². The topological polar surface area (TPSA) is 225 Å². The number of methoxy groups -OCH3 is 2. The van der Waals surface area contributed by atoms with Crippen LogP contribution in [0.4, 0.5) is 10.5 Å². The van der Waals surface area contributed by atoms with Crippen LogP contribution >= 0.6 is 0 Å². The molecule has 0 bridgehead atoms. The number of anilines is 1. The Morgan fingerprint density at radius 3 is 1.99 bits per heavy atom. The number of nitrogens with zero attached hydrogens (tertiary/aromatic N) is 4. The van der Waals surface area contributed by atoms with Crippen LogP contribution in [0.3, 0.4) is 0 Å². The Hall–Kier alpha value is -8.09. The molecule has 4 aromatic rings. The Labute approximate surface area is 403 Å². The van der Waals surface area contributed by atoms with E-state index in [1.165, 1.54) is 17.9 Å². The van der Waals surface area contributed by atoms with Gasteiger partial charge in [-0.15, -0.1) is 0 Å². The van der Waals surface area contributed by atoms with Crippen LogP contribution < -0.4 is 49.5 Å². The highest BCUT2D eigenvalue weighted by Gasteiger charge is 2.36. The molecule has 5 aliphatic rings. The van der Waals surface area contributed by atoms with Gasteiger partial charge in [0.1, 0.15) is 18.2 Å². The van der Waals surface area contributed by atoms with Gasteiger partial charge in [-0.05, 0) is 72.2 Å². The minimum Gasteiger partial charge on any atom is -0.618 e. The van der Waals surface area contributed by atoms with E-state index in [1.807, 2.05) is 76.2 Å². The molecule has 3 aliphatic heterocycles. The Bertz CT molecular complexity index is 2900. The molecule has 2 aliphatic carbocycles. The first-order chi connectivity index (χ1) is 33.8. The summed E-state index contributed by atoms with van der Waals surface area (Å²) in [6.45, 7) is 6.76. The molecular weight excluding hydrogens is 903 g/mol. The van der Waals surface area contributed by atoms with Crippen molar-refractivity contribution in [2.24, 2.45) is 17.8 Å². The summed E-state index contributed by atoms with van der Waals surface area (Å²) in [6.07, 6.45) is 14.9. The number of carbonyl (C=O) groups excluding carboxylic acids is 3. The van der Waals surface area contributed by atoms with E-state index in [0.29, 0.717) is 91.3 Å². The molecule has 70 heavy (non-hydrogen) atoms. The van der Waals surface area contributed by atoms with Gasteiger partial charge in [-0.25, -0.2) is 0 Å². The molecule has 19 nitrogen and oxygen atoms in total. The van der Waals surface area contributed by atoms with Crippen LogP contribution in [-0.4, -0.2) is 100 Å².